The van der Waals surface area contributed by atoms with Gasteiger partial charge in [0.05, 0.1) is 35.6 Å². The van der Waals surface area contributed by atoms with E-state index in [1.807, 2.05) is 62.7 Å². The molecular formula is C23H26N6O2. The molecule has 0 aliphatic rings. The number of rotatable bonds is 6. The lowest BCUT2D eigenvalue weighted by Gasteiger charge is -2.09. The van der Waals surface area contributed by atoms with Crippen LogP contribution in [0.2, 0.25) is 0 Å². The first-order valence-corrected chi connectivity index (χ1v) is 10.2. The van der Waals surface area contributed by atoms with Crippen LogP contribution >= 0.6 is 0 Å². The maximum atomic E-state index is 13.1. The molecule has 0 aliphatic heterocycles. The molecule has 4 rings (SSSR count). The van der Waals surface area contributed by atoms with E-state index in [-0.39, 0.29) is 5.91 Å². The highest BCUT2D eigenvalue weighted by Crippen LogP contribution is 2.26. The highest BCUT2D eigenvalue weighted by Gasteiger charge is 2.20. The summed E-state index contributed by atoms with van der Waals surface area (Å²) in [5.74, 6) is 0.611. The number of hydrogen-bond donors (Lipinski definition) is 1. The summed E-state index contributed by atoms with van der Waals surface area (Å²) in [7, 11) is 1.63. The van der Waals surface area contributed by atoms with Crippen LogP contribution in [0.1, 0.15) is 39.9 Å². The standard InChI is InChI=1S/C23H26N6O2/c1-6-28-16(4)17(13-25-28)12-24-23(30)20-11-14(2)26-22-21(20)15(3)27-29(22)18-7-9-19(31-5)10-8-18/h7-11,13H,6,12H2,1-5H3,(H,24,30). The van der Waals surface area contributed by atoms with E-state index in [1.54, 1.807) is 18.0 Å². The molecule has 0 atom stereocenters. The Morgan fingerprint density at radius 2 is 1.90 bits per heavy atom. The molecule has 0 bridgehead atoms. The number of carbonyl (C=O) groups is 1. The first-order chi connectivity index (χ1) is 14.9. The minimum atomic E-state index is -0.156. The Bertz CT molecular complexity index is 1250. The van der Waals surface area contributed by atoms with Gasteiger partial charge in [0.1, 0.15) is 5.75 Å². The third-order valence-electron chi connectivity index (χ3n) is 5.45. The normalized spacial score (nSPS) is 11.1. The molecule has 0 saturated carbocycles. The van der Waals surface area contributed by atoms with E-state index in [0.29, 0.717) is 17.8 Å². The van der Waals surface area contributed by atoms with E-state index >= 15 is 0 Å². The fourth-order valence-corrected chi connectivity index (χ4v) is 3.74. The number of aryl methyl sites for hydroxylation is 3. The lowest BCUT2D eigenvalue weighted by molar-refractivity contribution is 0.0952. The number of carbonyl (C=O) groups excluding carboxylic acids is 1. The van der Waals surface area contributed by atoms with Gasteiger partial charge in [-0.1, -0.05) is 0 Å². The molecule has 1 amide bonds. The Labute approximate surface area is 180 Å². The predicted octanol–water partition coefficient (Wildman–Crippen LogP) is 3.50. The van der Waals surface area contributed by atoms with Crippen molar-refractivity contribution in [3.8, 4) is 11.4 Å². The molecule has 0 fully saturated rings. The molecule has 0 radical (unpaired) electrons. The van der Waals surface area contributed by atoms with E-state index in [9.17, 15) is 4.79 Å². The van der Waals surface area contributed by atoms with Gasteiger partial charge in [-0.05, 0) is 58.0 Å². The van der Waals surface area contributed by atoms with Gasteiger partial charge in [-0.15, -0.1) is 0 Å². The summed E-state index contributed by atoms with van der Waals surface area (Å²) >= 11 is 0. The van der Waals surface area contributed by atoms with Crippen LogP contribution in [0.25, 0.3) is 16.7 Å². The number of benzene rings is 1. The van der Waals surface area contributed by atoms with Crippen LogP contribution in [-0.2, 0) is 13.1 Å². The summed E-state index contributed by atoms with van der Waals surface area (Å²) in [5, 5.41) is 12.8. The van der Waals surface area contributed by atoms with Gasteiger partial charge < -0.3 is 10.1 Å². The van der Waals surface area contributed by atoms with Crippen LogP contribution in [0.5, 0.6) is 5.75 Å². The number of pyridine rings is 1. The molecule has 0 unspecified atom stereocenters. The number of nitrogens with zero attached hydrogens (tertiary/aromatic N) is 5. The van der Waals surface area contributed by atoms with Crippen molar-refractivity contribution in [2.45, 2.75) is 40.8 Å². The molecule has 1 N–H and O–H groups in total. The average molecular weight is 419 g/mol. The zero-order valence-electron chi connectivity index (χ0n) is 18.4. The molecule has 0 spiro atoms. The van der Waals surface area contributed by atoms with Gasteiger partial charge in [-0.25, -0.2) is 9.67 Å². The summed E-state index contributed by atoms with van der Waals surface area (Å²) in [4.78, 5) is 17.8. The molecule has 0 aliphatic carbocycles. The first-order valence-electron chi connectivity index (χ1n) is 10.2. The van der Waals surface area contributed by atoms with Crippen molar-refractivity contribution in [3.63, 3.8) is 0 Å². The van der Waals surface area contributed by atoms with Gasteiger partial charge >= 0.3 is 0 Å². The van der Waals surface area contributed by atoms with Crippen LogP contribution in [0.15, 0.2) is 36.5 Å². The summed E-state index contributed by atoms with van der Waals surface area (Å²) in [6.07, 6.45) is 1.81. The van der Waals surface area contributed by atoms with E-state index < -0.39 is 0 Å². The maximum absolute atomic E-state index is 13.1. The molecular weight excluding hydrogens is 392 g/mol. The van der Waals surface area contributed by atoms with Gasteiger partial charge in [-0.2, -0.15) is 10.2 Å². The quantitative estimate of drug-likeness (QED) is 0.518. The number of nitrogens with one attached hydrogen (secondary N) is 1. The second-order valence-electron chi connectivity index (χ2n) is 7.46. The van der Waals surface area contributed by atoms with Crippen molar-refractivity contribution in [1.29, 1.82) is 0 Å². The Hall–Kier alpha value is -3.68. The second kappa shape index (κ2) is 8.22. The molecule has 8 nitrogen and oxygen atoms in total. The summed E-state index contributed by atoms with van der Waals surface area (Å²) in [6.45, 7) is 9.04. The Balaban J connectivity index is 1.70. The molecule has 3 heterocycles. The third kappa shape index (κ3) is 3.76. The van der Waals surface area contributed by atoms with E-state index in [2.05, 4.69) is 20.5 Å². The fraction of sp³-hybridized carbons (Fsp3) is 0.304. The number of ether oxygens (including phenoxy) is 1. The highest BCUT2D eigenvalue weighted by molar-refractivity contribution is 6.06. The smallest absolute Gasteiger partial charge is 0.252 e. The first kappa shape index (κ1) is 20.6. The van der Waals surface area contributed by atoms with E-state index in [0.717, 1.165) is 46.0 Å². The molecule has 3 aromatic heterocycles. The lowest BCUT2D eigenvalue weighted by atomic mass is 10.1. The molecule has 8 heteroatoms. The summed E-state index contributed by atoms with van der Waals surface area (Å²) in [5.41, 5.74) is 5.64. The van der Waals surface area contributed by atoms with Crippen LogP contribution in [-0.4, -0.2) is 37.6 Å². The lowest BCUT2D eigenvalue weighted by Crippen LogP contribution is -2.23. The molecule has 0 saturated heterocycles. The third-order valence-corrected chi connectivity index (χ3v) is 5.45. The Kier molecular flexibility index (Phi) is 5.46. The van der Waals surface area contributed by atoms with E-state index in [4.69, 9.17) is 4.74 Å². The van der Waals surface area contributed by atoms with Gasteiger partial charge in [-0.3, -0.25) is 9.48 Å². The predicted molar refractivity (Wildman–Crippen MR) is 119 cm³/mol. The molecule has 31 heavy (non-hydrogen) atoms. The number of methoxy groups -OCH3 is 1. The highest BCUT2D eigenvalue weighted by atomic mass is 16.5. The average Bonchev–Trinajstić information content (AvgIpc) is 3.30. The van der Waals surface area contributed by atoms with Crippen molar-refractivity contribution in [2.75, 3.05) is 7.11 Å². The number of hydrogen-bond acceptors (Lipinski definition) is 5. The van der Waals surface area contributed by atoms with Crippen LogP contribution in [0.3, 0.4) is 0 Å². The van der Waals surface area contributed by atoms with Crippen molar-refractivity contribution in [1.82, 2.24) is 29.9 Å². The topological polar surface area (TPSA) is 86.9 Å². The van der Waals surface area contributed by atoms with Crippen LogP contribution in [0, 0.1) is 20.8 Å². The molecule has 1 aromatic carbocycles. The minimum Gasteiger partial charge on any atom is -0.497 e. The zero-order valence-corrected chi connectivity index (χ0v) is 18.4. The fourth-order valence-electron chi connectivity index (χ4n) is 3.74. The molecule has 4 aromatic rings. The Morgan fingerprint density at radius 3 is 2.55 bits per heavy atom. The van der Waals surface area contributed by atoms with Crippen LogP contribution in [0.4, 0.5) is 0 Å². The van der Waals surface area contributed by atoms with Gasteiger partial charge in [0, 0.05) is 30.0 Å². The zero-order chi connectivity index (χ0) is 22.1. The van der Waals surface area contributed by atoms with Crippen molar-refractivity contribution in [2.24, 2.45) is 0 Å². The summed E-state index contributed by atoms with van der Waals surface area (Å²) < 4.78 is 8.93. The molecule has 160 valence electrons. The largest absolute Gasteiger partial charge is 0.497 e. The van der Waals surface area contributed by atoms with Crippen molar-refractivity contribution < 1.29 is 9.53 Å². The van der Waals surface area contributed by atoms with Crippen LogP contribution < -0.4 is 10.1 Å². The number of fused-ring (bicyclic) bond motifs is 1. The summed E-state index contributed by atoms with van der Waals surface area (Å²) in [6, 6.07) is 9.40. The second-order valence-corrected chi connectivity index (χ2v) is 7.46. The van der Waals surface area contributed by atoms with E-state index in [1.165, 1.54) is 0 Å². The van der Waals surface area contributed by atoms with Gasteiger partial charge in [0.15, 0.2) is 5.65 Å². The van der Waals surface area contributed by atoms with Crippen molar-refractivity contribution in [3.05, 3.63) is 64.7 Å². The number of amides is 1. The van der Waals surface area contributed by atoms with Gasteiger partial charge in [0.25, 0.3) is 5.91 Å². The monoisotopic (exact) mass is 418 g/mol. The minimum absolute atomic E-state index is 0.156. The van der Waals surface area contributed by atoms with Crippen molar-refractivity contribution >= 4 is 16.9 Å². The maximum Gasteiger partial charge on any atom is 0.252 e. The Morgan fingerprint density at radius 1 is 1.16 bits per heavy atom. The van der Waals surface area contributed by atoms with Gasteiger partial charge in [0.2, 0.25) is 0 Å². The SMILES string of the molecule is CCn1ncc(CNC(=O)c2cc(C)nc3c2c(C)nn3-c2ccc(OC)cc2)c1C. The number of aromatic nitrogens is 5.